The molecular weight excluding hydrogens is 364 g/mol. The summed E-state index contributed by atoms with van der Waals surface area (Å²) in [4.78, 5) is 25.2. The lowest BCUT2D eigenvalue weighted by atomic mass is 9.91. The molecule has 2 aromatic rings. The number of nitrogens with zero attached hydrogens (tertiary/aromatic N) is 3. The van der Waals surface area contributed by atoms with E-state index in [-0.39, 0.29) is 11.9 Å². The van der Waals surface area contributed by atoms with Crippen molar-refractivity contribution in [2.45, 2.75) is 52.2 Å². The number of fused-ring (bicyclic) bond motifs is 1. The van der Waals surface area contributed by atoms with Crippen LogP contribution >= 0.6 is 0 Å². The highest BCUT2D eigenvalue weighted by Crippen LogP contribution is 2.40. The van der Waals surface area contributed by atoms with Crippen LogP contribution < -0.4 is 9.80 Å². The molecule has 2 N–H and O–H groups in total. The Morgan fingerprint density at radius 1 is 1.24 bits per heavy atom. The second-order valence-electron chi connectivity index (χ2n) is 9.44. The van der Waals surface area contributed by atoms with Crippen LogP contribution in [0, 0.1) is 5.41 Å². The number of aromatic nitrogens is 1. The number of nitrogens with one attached hydrogen (secondary N) is 1. The smallest absolute Gasteiger partial charge is 0.233 e. The minimum Gasteiger partial charge on any atom is -0.390 e. The molecule has 1 amide bonds. The van der Waals surface area contributed by atoms with Gasteiger partial charge in [-0.1, -0.05) is 32.9 Å². The maximum absolute atomic E-state index is 13.3. The lowest BCUT2D eigenvalue weighted by molar-refractivity contribution is -0.126. The van der Waals surface area contributed by atoms with E-state index >= 15 is 0 Å². The minimum absolute atomic E-state index is 0.0638. The Morgan fingerprint density at radius 2 is 1.97 bits per heavy atom. The molecule has 4 rings (SSSR count). The van der Waals surface area contributed by atoms with Crippen LogP contribution in [0.15, 0.2) is 41.5 Å². The maximum atomic E-state index is 13.3. The number of carbonyl (C=O) groups excluding carboxylic acids is 1. The van der Waals surface area contributed by atoms with E-state index in [0.29, 0.717) is 5.82 Å². The molecular formula is C23H30N4O2. The van der Waals surface area contributed by atoms with Crippen LogP contribution in [0.25, 0.3) is 0 Å². The third-order valence-corrected chi connectivity index (χ3v) is 5.86. The van der Waals surface area contributed by atoms with Crippen LogP contribution in [-0.2, 0) is 4.79 Å². The number of carbonyl (C=O) groups is 1. The fraction of sp³-hybridized carbons (Fsp3) is 0.478. The van der Waals surface area contributed by atoms with Gasteiger partial charge in [-0.25, -0.2) is 4.99 Å². The monoisotopic (exact) mass is 394 g/mol. The molecule has 154 valence electrons. The van der Waals surface area contributed by atoms with Gasteiger partial charge in [0.05, 0.1) is 17.3 Å². The van der Waals surface area contributed by atoms with Crippen molar-refractivity contribution in [3.63, 3.8) is 0 Å². The number of hydrogen-bond donors (Lipinski definition) is 2. The van der Waals surface area contributed by atoms with Crippen LogP contribution in [0.2, 0.25) is 0 Å². The Labute approximate surface area is 172 Å². The second kappa shape index (κ2) is 7.02. The topological polar surface area (TPSA) is 71.9 Å². The summed E-state index contributed by atoms with van der Waals surface area (Å²) in [5, 5.41) is 10.3. The van der Waals surface area contributed by atoms with E-state index in [0.717, 1.165) is 42.9 Å². The number of piperidine rings is 1. The molecule has 1 saturated heterocycles. The van der Waals surface area contributed by atoms with Gasteiger partial charge < -0.3 is 15.0 Å². The molecule has 2 aliphatic heterocycles. The van der Waals surface area contributed by atoms with Gasteiger partial charge in [-0.15, -0.1) is 0 Å². The lowest BCUT2D eigenvalue weighted by Crippen LogP contribution is -2.44. The molecule has 0 bridgehead atoms. The van der Waals surface area contributed by atoms with E-state index in [1.165, 1.54) is 0 Å². The Kier molecular flexibility index (Phi) is 4.77. The number of amides is 1. The first-order valence-corrected chi connectivity index (χ1v) is 10.3. The minimum atomic E-state index is -0.579. The standard InChI is InChI=1S/C23H30N4O2/c1-22(2,3)21(28)27-18-8-11-24-20(18)25-15-19(27)16-6-5-7-17(14-16)26-12-9-23(4,29)10-13-26/h5-8,11,14-15,19,24,29H,9-10,12-13H2,1-4H3. The summed E-state index contributed by atoms with van der Waals surface area (Å²) in [7, 11) is 0. The van der Waals surface area contributed by atoms with E-state index in [1.807, 2.05) is 57.1 Å². The van der Waals surface area contributed by atoms with Crippen molar-refractivity contribution in [1.29, 1.82) is 0 Å². The first kappa shape index (κ1) is 19.7. The summed E-state index contributed by atoms with van der Waals surface area (Å²) in [5.41, 5.74) is 1.89. The fourth-order valence-electron chi connectivity index (χ4n) is 4.00. The van der Waals surface area contributed by atoms with Crippen molar-refractivity contribution in [2.75, 3.05) is 22.9 Å². The van der Waals surface area contributed by atoms with Gasteiger partial charge in [-0.3, -0.25) is 9.69 Å². The number of rotatable bonds is 2. The summed E-state index contributed by atoms with van der Waals surface area (Å²) < 4.78 is 0. The molecule has 3 heterocycles. The van der Waals surface area contributed by atoms with Gasteiger partial charge in [-0.05, 0) is 43.5 Å². The number of hydrogen-bond acceptors (Lipinski definition) is 4. The summed E-state index contributed by atoms with van der Waals surface area (Å²) in [6.45, 7) is 9.38. The van der Waals surface area contributed by atoms with E-state index in [9.17, 15) is 9.90 Å². The molecule has 6 heteroatoms. The van der Waals surface area contributed by atoms with E-state index in [4.69, 9.17) is 0 Å². The van der Waals surface area contributed by atoms with Crippen molar-refractivity contribution in [1.82, 2.24) is 4.98 Å². The zero-order valence-electron chi connectivity index (χ0n) is 17.6. The summed E-state index contributed by atoms with van der Waals surface area (Å²) >= 11 is 0. The normalized spacial score (nSPS) is 21.2. The third kappa shape index (κ3) is 3.81. The lowest BCUT2D eigenvalue weighted by Gasteiger charge is -2.38. The molecule has 1 atom stereocenters. The highest BCUT2D eigenvalue weighted by molar-refractivity contribution is 6.05. The largest absolute Gasteiger partial charge is 0.390 e. The average Bonchev–Trinajstić information content (AvgIpc) is 3.15. The van der Waals surface area contributed by atoms with Crippen LogP contribution in [0.1, 0.15) is 52.1 Å². The van der Waals surface area contributed by atoms with Crippen LogP contribution in [-0.4, -0.2) is 40.9 Å². The predicted molar refractivity (Wildman–Crippen MR) is 117 cm³/mol. The van der Waals surface area contributed by atoms with Gasteiger partial charge in [0.2, 0.25) is 5.91 Å². The number of aromatic amines is 1. The Morgan fingerprint density at radius 3 is 2.66 bits per heavy atom. The van der Waals surface area contributed by atoms with E-state index in [2.05, 4.69) is 33.1 Å². The molecule has 0 saturated carbocycles. The molecule has 1 unspecified atom stereocenters. The Hall–Kier alpha value is -2.60. The molecule has 0 radical (unpaired) electrons. The van der Waals surface area contributed by atoms with E-state index in [1.54, 1.807) is 0 Å². The molecule has 1 fully saturated rings. The van der Waals surface area contributed by atoms with Crippen molar-refractivity contribution >= 4 is 29.3 Å². The number of anilines is 2. The maximum Gasteiger partial charge on any atom is 0.233 e. The summed E-state index contributed by atoms with van der Waals surface area (Å²) in [5.74, 6) is 0.780. The highest BCUT2D eigenvalue weighted by atomic mass is 16.3. The zero-order valence-corrected chi connectivity index (χ0v) is 17.6. The van der Waals surface area contributed by atoms with Gasteiger partial charge in [0.15, 0.2) is 5.82 Å². The van der Waals surface area contributed by atoms with Gasteiger partial charge >= 0.3 is 0 Å². The quantitative estimate of drug-likeness (QED) is 0.802. The van der Waals surface area contributed by atoms with Gasteiger partial charge in [0, 0.05) is 36.6 Å². The van der Waals surface area contributed by atoms with Crippen molar-refractivity contribution in [2.24, 2.45) is 10.4 Å². The Bertz CT molecular complexity index is 928. The van der Waals surface area contributed by atoms with Crippen LogP contribution in [0.3, 0.4) is 0 Å². The van der Waals surface area contributed by atoms with Crippen molar-refractivity contribution in [3.8, 4) is 0 Å². The average molecular weight is 395 g/mol. The van der Waals surface area contributed by atoms with E-state index < -0.39 is 11.0 Å². The van der Waals surface area contributed by atoms with Gasteiger partial charge in [0.25, 0.3) is 0 Å². The number of aliphatic imine (C=N–C) groups is 1. The zero-order chi connectivity index (χ0) is 20.8. The predicted octanol–water partition coefficient (Wildman–Crippen LogP) is 4.20. The first-order valence-electron chi connectivity index (χ1n) is 10.3. The van der Waals surface area contributed by atoms with Gasteiger partial charge in [0.1, 0.15) is 0 Å². The fourth-order valence-corrected chi connectivity index (χ4v) is 4.00. The number of benzene rings is 1. The second-order valence-corrected chi connectivity index (χ2v) is 9.44. The number of H-pyrrole nitrogens is 1. The highest BCUT2D eigenvalue weighted by Gasteiger charge is 2.37. The van der Waals surface area contributed by atoms with Crippen molar-refractivity contribution < 1.29 is 9.90 Å². The number of aliphatic hydroxyl groups is 1. The summed E-state index contributed by atoms with van der Waals surface area (Å²) in [6.07, 6.45) is 5.18. The molecule has 1 aromatic carbocycles. The first-order chi connectivity index (χ1) is 13.7. The van der Waals surface area contributed by atoms with Crippen LogP contribution in [0.4, 0.5) is 17.2 Å². The molecule has 1 aromatic heterocycles. The molecule has 0 aliphatic carbocycles. The third-order valence-electron chi connectivity index (χ3n) is 5.86. The van der Waals surface area contributed by atoms with Crippen LogP contribution in [0.5, 0.6) is 0 Å². The molecule has 29 heavy (non-hydrogen) atoms. The Balaban J connectivity index is 1.67. The molecule has 0 spiro atoms. The van der Waals surface area contributed by atoms with Crippen molar-refractivity contribution in [3.05, 3.63) is 42.1 Å². The van der Waals surface area contributed by atoms with Gasteiger partial charge in [-0.2, -0.15) is 0 Å². The molecule has 2 aliphatic rings. The summed E-state index contributed by atoms with van der Waals surface area (Å²) in [6, 6.07) is 10.0. The SMILES string of the molecule is CC1(O)CCN(c2cccc(C3C=Nc4[nH]ccc4N3C(=O)C(C)(C)C)c2)CC1. The molecule has 6 nitrogen and oxygen atoms in total.